The fourth-order valence-electron chi connectivity index (χ4n) is 5.53. The molecule has 2 fully saturated rings. The van der Waals surface area contributed by atoms with Gasteiger partial charge in [0, 0.05) is 18.0 Å². The minimum Gasteiger partial charge on any atom is -0.454 e. The summed E-state index contributed by atoms with van der Waals surface area (Å²) in [6.07, 6.45) is 2.24. The zero-order chi connectivity index (χ0) is 24.6. The lowest BCUT2D eigenvalue weighted by Crippen LogP contribution is -2.57. The van der Waals surface area contributed by atoms with Crippen LogP contribution in [0, 0.1) is 11.8 Å². The van der Waals surface area contributed by atoms with Crippen LogP contribution in [0.15, 0.2) is 35.7 Å². The monoisotopic (exact) mass is 497 g/mol. The number of fused-ring (bicyclic) bond motifs is 1. The number of amides is 4. The molecule has 0 bridgehead atoms. The highest BCUT2D eigenvalue weighted by Crippen LogP contribution is 2.39. The molecular formula is C26H31N3O5S. The lowest BCUT2D eigenvalue weighted by atomic mass is 9.73. The summed E-state index contributed by atoms with van der Waals surface area (Å²) in [5, 5.41) is 5.05. The average molecular weight is 498 g/mol. The van der Waals surface area contributed by atoms with Crippen LogP contribution in [0.3, 0.4) is 0 Å². The van der Waals surface area contributed by atoms with Crippen molar-refractivity contribution in [2.75, 3.05) is 19.9 Å². The maximum absolute atomic E-state index is 13.7. The van der Waals surface area contributed by atoms with E-state index >= 15 is 0 Å². The largest absolute Gasteiger partial charge is 0.454 e. The Hall–Kier alpha value is -3.07. The summed E-state index contributed by atoms with van der Waals surface area (Å²) in [5.74, 6) is 1.54. The van der Waals surface area contributed by atoms with Gasteiger partial charge in [0.25, 0.3) is 5.91 Å². The number of rotatable bonds is 7. The zero-order valence-electron chi connectivity index (χ0n) is 20.1. The second kappa shape index (κ2) is 9.53. The SMILES string of the molecule is CC(C)C[C@@]1(C2CCN(C(=O)Cc3ccc4c(c3)OCO4)CC2)NC(=O)N(Cc2cccs2)C1=O. The predicted molar refractivity (Wildman–Crippen MR) is 131 cm³/mol. The molecule has 5 rings (SSSR count). The van der Waals surface area contributed by atoms with Crippen molar-refractivity contribution in [1.29, 1.82) is 0 Å². The highest BCUT2D eigenvalue weighted by Gasteiger charge is 2.56. The first-order valence-electron chi connectivity index (χ1n) is 12.2. The Labute approximate surface area is 209 Å². The van der Waals surface area contributed by atoms with E-state index in [9.17, 15) is 14.4 Å². The van der Waals surface area contributed by atoms with E-state index in [-0.39, 0.29) is 36.5 Å². The van der Waals surface area contributed by atoms with Gasteiger partial charge >= 0.3 is 6.03 Å². The molecule has 8 nitrogen and oxygen atoms in total. The Kier molecular flexibility index (Phi) is 6.44. The third-order valence-electron chi connectivity index (χ3n) is 7.16. The van der Waals surface area contributed by atoms with Crippen molar-refractivity contribution in [3.63, 3.8) is 0 Å². The first-order chi connectivity index (χ1) is 16.9. The molecule has 3 aliphatic heterocycles. The molecule has 1 aromatic heterocycles. The lowest BCUT2D eigenvalue weighted by Gasteiger charge is -2.41. The van der Waals surface area contributed by atoms with Gasteiger partial charge in [-0.15, -0.1) is 11.3 Å². The van der Waals surface area contributed by atoms with Crippen molar-refractivity contribution >= 4 is 29.2 Å². The van der Waals surface area contributed by atoms with E-state index in [1.54, 1.807) is 11.3 Å². The van der Waals surface area contributed by atoms with Gasteiger partial charge in [-0.3, -0.25) is 14.5 Å². The molecule has 3 aliphatic rings. The second-order valence-electron chi connectivity index (χ2n) is 9.99. The van der Waals surface area contributed by atoms with Crippen molar-refractivity contribution in [2.24, 2.45) is 11.8 Å². The van der Waals surface area contributed by atoms with Gasteiger partial charge in [-0.2, -0.15) is 0 Å². The summed E-state index contributed by atoms with van der Waals surface area (Å²) >= 11 is 1.54. The Morgan fingerprint density at radius 2 is 1.94 bits per heavy atom. The number of nitrogens with one attached hydrogen (secondary N) is 1. The fraction of sp³-hybridized carbons (Fsp3) is 0.500. The molecule has 1 N–H and O–H groups in total. The van der Waals surface area contributed by atoms with Crippen LogP contribution in [-0.2, 0) is 22.6 Å². The van der Waals surface area contributed by atoms with Crippen LogP contribution in [0.4, 0.5) is 4.79 Å². The van der Waals surface area contributed by atoms with Gasteiger partial charge in [-0.25, -0.2) is 4.79 Å². The van der Waals surface area contributed by atoms with Gasteiger partial charge < -0.3 is 19.7 Å². The number of hydrogen-bond acceptors (Lipinski definition) is 6. The summed E-state index contributed by atoms with van der Waals surface area (Å²) in [5.41, 5.74) is -0.0188. The number of carbonyl (C=O) groups is 3. The quantitative estimate of drug-likeness (QED) is 0.588. The van der Waals surface area contributed by atoms with Gasteiger partial charge in [0.05, 0.1) is 13.0 Å². The molecule has 4 amide bonds. The Balaban J connectivity index is 1.25. The highest BCUT2D eigenvalue weighted by molar-refractivity contribution is 7.09. The van der Waals surface area contributed by atoms with Gasteiger partial charge in [-0.1, -0.05) is 26.0 Å². The van der Waals surface area contributed by atoms with Crippen LogP contribution in [0.2, 0.25) is 0 Å². The lowest BCUT2D eigenvalue weighted by molar-refractivity contribution is -0.136. The molecule has 186 valence electrons. The van der Waals surface area contributed by atoms with E-state index in [0.29, 0.717) is 56.8 Å². The number of ether oxygens (including phenoxy) is 2. The smallest absolute Gasteiger partial charge is 0.325 e. The summed E-state index contributed by atoms with van der Waals surface area (Å²) < 4.78 is 10.8. The normalized spacial score (nSPS) is 22.3. The van der Waals surface area contributed by atoms with Gasteiger partial charge in [0.15, 0.2) is 11.5 Å². The van der Waals surface area contributed by atoms with E-state index < -0.39 is 5.54 Å². The van der Waals surface area contributed by atoms with Crippen LogP contribution < -0.4 is 14.8 Å². The van der Waals surface area contributed by atoms with E-state index in [1.807, 2.05) is 40.6 Å². The molecule has 2 aromatic rings. The average Bonchev–Trinajstić information content (AvgIpc) is 3.57. The minimum absolute atomic E-state index is 0.00993. The number of imide groups is 1. The topological polar surface area (TPSA) is 88.2 Å². The fourth-order valence-corrected chi connectivity index (χ4v) is 6.22. The summed E-state index contributed by atoms with van der Waals surface area (Å²) in [6, 6.07) is 9.15. The number of urea groups is 1. The predicted octanol–water partition coefficient (Wildman–Crippen LogP) is 3.79. The molecule has 1 aromatic carbocycles. The number of thiophene rings is 1. The van der Waals surface area contributed by atoms with Crippen LogP contribution in [0.25, 0.3) is 0 Å². The Bertz CT molecular complexity index is 1110. The summed E-state index contributed by atoms with van der Waals surface area (Å²) in [6.45, 7) is 5.80. The maximum Gasteiger partial charge on any atom is 0.325 e. The Morgan fingerprint density at radius 3 is 2.66 bits per heavy atom. The van der Waals surface area contributed by atoms with Crippen LogP contribution >= 0.6 is 11.3 Å². The van der Waals surface area contributed by atoms with Crippen molar-refractivity contribution in [1.82, 2.24) is 15.1 Å². The first-order valence-corrected chi connectivity index (χ1v) is 13.1. The minimum atomic E-state index is -0.908. The van der Waals surface area contributed by atoms with Gasteiger partial charge in [0.2, 0.25) is 12.7 Å². The number of likely N-dealkylation sites (tertiary alicyclic amines) is 1. The van der Waals surface area contributed by atoms with Crippen molar-refractivity contribution < 1.29 is 23.9 Å². The van der Waals surface area contributed by atoms with Crippen LogP contribution in [-0.4, -0.2) is 53.1 Å². The number of nitrogens with zero attached hydrogens (tertiary/aromatic N) is 2. The number of carbonyl (C=O) groups excluding carboxylic acids is 3. The molecule has 4 heterocycles. The number of hydrogen-bond donors (Lipinski definition) is 1. The zero-order valence-corrected chi connectivity index (χ0v) is 20.9. The molecule has 1 atom stereocenters. The molecular weight excluding hydrogens is 466 g/mol. The van der Waals surface area contributed by atoms with Gasteiger partial charge in [-0.05, 0) is 60.2 Å². The molecule has 2 saturated heterocycles. The molecule has 0 saturated carbocycles. The molecule has 0 aliphatic carbocycles. The van der Waals surface area contributed by atoms with Crippen molar-refractivity contribution in [3.05, 3.63) is 46.2 Å². The summed E-state index contributed by atoms with van der Waals surface area (Å²) in [4.78, 5) is 43.8. The van der Waals surface area contributed by atoms with E-state index in [4.69, 9.17) is 9.47 Å². The standard InChI is InChI=1S/C26H31N3O5S/c1-17(2)14-26(24(31)29(25(32)27-26)15-20-4-3-11-35-20)19-7-9-28(10-8-19)23(30)13-18-5-6-21-22(12-18)34-16-33-21/h3-6,11-12,17,19H,7-10,13-16H2,1-2H3,(H,27,32)/t26-/m0/s1. The second-order valence-corrected chi connectivity index (χ2v) is 11.0. The first kappa shape index (κ1) is 23.7. The molecule has 0 unspecified atom stereocenters. The van der Waals surface area contributed by atoms with E-state index in [2.05, 4.69) is 19.2 Å². The van der Waals surface area contributed by atoms with Crippen LogP contribution in [0.1, 0.15) is 43.6 Å². The van der Waals surface area contributed by atoms with Crippen molar-refractivity contribution in [3.8, 4) is 11.5 Å². The molecule has 35 heavy (non-hydrogen) atoms. The maximum atomic E-state index is 13.7. The van der Waals surface area contributed by atoms with Gasteiger partial charge in [0.1, 0.15) is 5.54 Å². The molecule has 0 radical (unpaired) electrons. The highest BCUT2D eigenvalue weighted by atomic mass is 32.1. The molecule has 9 heteroatoms. The third kappa shape index (κ3) is 4.61. The van der Waals surface area contributed by atoms with E-state index in [1.165, 1.54) is 4.90 Å². The Morgan fingerprint density at radius 1 is 1.17 bits per heavy atom. The molecule has 0 spiro atoms. The van der Waals surface area contributed by atoms with E-state index in [0.717, 1.165) is 10.4 Å². The van der Waals surface area contributed by atoms with Crippen LogP contribution in [0.5, 0.6) is 11.5 Å². The number of benzene rings is 1. The number of piperidine rings is 1. The third-order valence-corrected chi connectivity index (χ3v) is 8.02. The van der Waals surface area contributed by atoms with Crippen molar-refractivity contribution in [2.45, 2.75) is 51.6 Å². The summed E-state index contributed by atoms with van der Waals surface area (Å²) in [7, 11) is 0.